The summed E-state index contributed by atoms with van der Waals surface area (Å²) >= 11 is 12.2. The first-order valence-corrected chi connectivity index (χ1v) is 7.77. The van der Waals surface area contributed by atoms with Crippen LogP contribution >= 0.6 is 23.2 Å². The molecule has 1 aromatic carbocycles. The Morgan fingerprint density at radius 3 is 2.50 bits per heavy atom. The van der Waals surface area contributed by atoms with Gasteiger partial charge in [0.1, 0.15) is 0 Å². The molecule has 1 aromatic heterocycles. The van der Waals surface area contributed by atoms with E-state index in [1.807, 2.05) is 6.92 Å². The molecule has 0 saturated carbocycles. The molecule has 1 heterocycles. The highest BCUT2D eigenvalue weighted by Crippen LogP contribution is 2.28. The maximum Gasteiger partial charge on any atom is 0.271 e. The summed E-state index contributed by atoms with van der Waals surface area (Å²) in [5, 5.41) is 6.01. The summed E-state index contributed by atoms with van der Waals surface area (Å²) in [6.45, 7) is 3.22. The van der Waals surface area contributed by atoms with Crippen LogP contribution in [0.4, 0.5) is 17.2 Å². The van der Waals surface area contributed by atoms with Crippen LogP contribution in [0.1, 0.15) is 30.0 Å². The average molecular weight is 368 g/mol. The number of nitrogens with zero attached hydrogens (tertiary/aromatic N) is 2. The first-order chi connectivity index (χ1) is 11.3. The molecular formula is C15H15Cl2N5O2. The Morgan fingerprint density at radius 1 is 1.25 bits per heavy atom. The molecule has 0 unspecified atom stereocenters. The molecule has 0 fully saturated rings. The van der Waals surface area contributed by atoms with E-state index in [2.05, 4.69) is 20.6 Å². The van der Waals surface area contributed by atoms with Crippen molar-refractivity contribution in [1.29, 1.82) is 0 Å². The predicted molar refractivity (Wildman–Crippen MR) is 94.0 cm³/mol. The molecular weight excluding hydrogens is 353 g/mol. The van der Waals surface area contributed by atoms with Crippen LogP contribution in [0.15, 0.2) is 18.2 Å². The van der Waals surface area contributed by atoms with Gasteiger partial charge in [0.05, 0.1) is 16.4 Å². The molecule has 0 radical (unpaired) electrons. The van der Waals surface area contributed by atoms with Crippen LogP contribution in [0.5, 0.6) is 0 Å². The number of hydrogen-bond acceptors (Lipinski definition) is 5. The second kappa shape index (κ2) is 7.46. The highest BCUT2D eigenvalue weighted by Gasteiger charge is 2.16. The number of amides is 2. The van der Waals surface area contributed by atoms with Crippen LogP contribution in [0, 0.1) is 0 Å². The normalized spacial score (nSPS) is 10.3. The standard InChI is InChI=1S/C15H15Cl2N5O2/c1-3-10-13(17)22-15(12(21-10)14(18)24)20-8-4-5-11(9(16)6-8)19-7(2)23/h4-6H,3H2,1-2H3,(H2,18,24)(H,19,23)(H,20,22). The molecule has 2 amide bonds. The first-order valence-electron chi connectivity index (χ1n) is 7.02. The Bertz CT molecular complexity index is 811. The number of rotatable bonds is 5. The molecule has 0 atom stereocenters. The molecule has 0 aliphatic rings. The summed E-state index contributed by atoms with van der Waals surface area (Å²) in [5.74, 6) is -0.827. The van der Waals surface area contributed by atoms with Crippen molar-refractivity contribution in [3.05, 3.63) is 39.8 Å². The number of aryl methyl sites for hydroxylation is 1. The molecule has 24 heavy (non-hydrogen) atoms. The highest BCUT2D eigenvalue weighted by atomic mass is 35.5. The van der Waals surface area contributed by atoms with Crippen LogP contribution in [0.25, 0.3) is 0 Å². The van der Waals surface area contributed by atoms with Gasteiger partial charge in [0.25, 0.3) is 5.91 Å². The first kappa shape index (κ1) is 18.0. The maximum absolute atomic E-state index is 11.6. The fraction of sp³-hybridized carbons (Fsp3) is 0.200. The van der Waals surface area contributed by atoms with E-state index in [0.717, 1.165) is 0 Å². The number of benzene rings is 1. The third-order valence-electron chi connectivity index (χ3n) is 3.03. The molecule has 0 aliphatic heterocycles. The molecule has 0 saturated heterocycles. The molecule has 7 nitrogen and oxygen atoms in total. The van der Waals surface area contributed by atoms with Gasteiger partial charge in [0.2, 0.25) is 5.91 Å². The van der Waals surface area contributed by atoms with Gasteiger partial charge in [0.15, 0.2) is 16.7 Å². The van der Waals surface area contributed by atoms with Crippen molar-refractivity contribution in [2.24, 2.45) is 5.73 Å². The fourth-order valence-electron chi connectivity index (χ4n) is 1.95. The molecule has 0 spiro atoms. The molecule has 2 rings (SSSR count). The van der Waals surface area contributed by atoms with Gasteiger partial charge >= 0.3 is 0 Å². The van der Waals surface area contributed by atoms with Gasteiger partial charge in [-0.25, -0.2) is 9.97 Å². The van der Waals surface area contributed by atoms with E-state index in [1.54, 1.807) is 18.2 Å². The van der Waals surface area contributed by atoms with Gasteiger partial charge in [-0.05, 0) is 24.6 Å². The van der Waals surface area contributed by atoms with Crippen LogP contribution in [0.3, 0.4) is 0 Å². The van der Waals surface area contributed by atoms with E-state index in [4.69, 9.17) is 28.9 Å². The SMILES string of the molecule is CCc1nc(C(N)=O)c(Nc2ccc(NC(C)=O)c(Cl)c2)nc1Cl. The number of halogens is 2. The van der Waals surface area contributed by atoms with Crippen LogP contribution < -0.4 is 16.4 Å². The highest BCUT2D eigenvalue weighted by molar-refractivity contribution is 6.34. The number of aromatic nitrogens is 2. The van der Waals surface area contributed by atoms with Crippen molar-refractivity contribution >= 4 is 52.2 Å². The molecule has 4 N–H and O–H groups in total. The fourth-order valence-corrected chi connectivity index (χ4v) is 2.44. The molecule has 0 aliphatic carbocycles. The number of carbonyl (C=O) groups excluding carboxylic acids is 2. The lowest BCUT2D eigenvalue weighted by Crippen LogP contribution is -2.18. The van der Waals surface area contributed by atoms with Crippen molar-refractivity contribution < 1.29 is 9.59 Å². The van der Waals surface area contributed by atoms with Crippen molar-refractivity contribution in [1.82, 2.24) is 9.97 Å². The zero-order chi connectivity index (χ0) is 17.9. The van der Waals surface area contributed by atoms with Gasteiger partial charge in [-0.3, -0.25) is 9.59 Å². The Morgan fingerprint density at radius 2 is 1.96 bits per heavy atom. The lowest BCUT2D eigenvalue weighted by Gasteiger charge is -2.12. The Kier molecular flexibility index (Phi) is 5.58. The predicted octanol–water partition coefficient (Wildman–Crippen LogP) is 3.15. The summed E-state index contributed by atoms with van der Waals surface area (Å²) in [5.41, 5.74) is 6.82. The number of hydrogen-bond donors (Lipinski definition) is 3. The number of carbonyl (C=O) groups is 2. The van der Waals surface area contributed by atoms with E-state index in [1.165, 1.54) is 6.92 Å². The van der Waals surface area contributed by atoms with Gasteiger partial charge in [-0.2, -0.15) is 0 Å². The quantitative estimate of drug-likeness (QED) is 0.751. The second-order valence-corrected chi connectivity index (χ2v) is 5.64. The van der Waals surface area contributed by atoms with Gasteiger partial charge in [-0.15, -0.1) is 0 Å². The number of anilines is 3. The van der Waals surface area contributed by atoms with E-state index in [9.17, 15) is 9.59 Å². The summed E-state index contributed by atoms with van der Waals surface area (Å²) in [6.07, 6.45) is 0.517. The number of primary amides is 1. The Hall–Kier alpha value is -2.38. The molecule has 9 heteroatoms. The Balaban J connectivity index is 2.37. The minimum absolute atomic E-state index is 0.0155. The van der Waals surface area contributed by atoms with Crippen molar-refractivity contribution in [3.8, 4) is 0 Å². The molecule has 0 bridgehead atoms. The van der Waals surface area contributed by atoms with Crippen molar-refractivity contribution in [3.63, 3.8) is 0 Å². The topological polar surface area (TPSA) is 110 Å². The van der Waals surface area contributed by atoms with Gasteiger partial charge < -0.3 is 16.4 Å². The summed E-state index contributed by atoms with van der Waals surface area (Å²) in [6, 6.07) is 4.84. The molecule has 126 valence electrons. The minimum Gasteiger partial charge on any atom is -0.364 e. The summed E-state index contributed by atoms with van der Waals surface area (Å²) in [7, 11) is 0. The third-order valence-corrected chi connectivity index (χ3v) is 3.65. The van der Waals surface area contributed by atoms with Crippen LogP contribution in [0.2, 0.25) is 10.2 Å². The minimum atomic E-state index is -0.725. The lowest BCUT2D eigenvalue weighted by molar-refractivity contribution is -0.114. The zero-order valence-corrected chi connectivity index (χ0v) is 14.5. The third kappa shape index (κ3) is 4.12. The van der Waals surface area contributed by atoms with Crippen molar-refractivity contribution in [2.45, 2.75) is 20.3 Å². The van der Waals surface area contributed by atoms with E-state index >= 15 is 0 Å². The maximum atomic E-state index is 11.6. The lowest BCUT2D eigenvalue weighted by atomic mass is 10.2. The second-order valence-electron chi connectivity index (χ2n) is 4.88. The smallest absolute Gasteiger partial charge is 0.271 e. The van der Waals surface area contributed by atoms with E-state index in [0.29, 0.717) is 28.5 Å². The number of nitrogens with two attached hydrogens (primary N) is 1. The van der Waals surface area contributed by atoms with Crippen molar-refractivity contribution in [2.75, 3.05) is 10.6 Å². The molecule has 2 aromatic rings. The Labute approximate surface area is 148 Å². The summed E-state index contributed by atoms with van der Waals surface area (Å²) in [4.78, 5) is 31.0. The monoisotopic (exact) mass is 367 g/mol. The van der Waals surface area contributed by atoms with Gasteiger partial charge in [0, 0.05) is 12.6 Å². The largest absolute Gasteiger partial charge is 0.364 e. The van der Waals surface area contributed by atoms with E-state index in [-0.39, 0.29) is 22.6 Å². The summed E-state index contributed by atoms with van der Waals surface area (Å²) < 4.78 is 0. The number of nitrogens with one attached hydrogen (secondary N) is 2. The van der Waals surface area contributed by atoms with Gasteiger partial charge in [-0.1, -0.05) is 30.1 Å². The van der Waals surface area contributed by atoms with Crippen LogP contribution in [-0.2, 0) is 11.2 Å². The van der Waals surface area contributed by atoms with E-state index < -0.39 is 5.91 Å². The van der Waals surface area contributed by atoms with Crippen LogP contribution in [-0.4, -0.2) is 21.8 Å². The zero-order valence-electron chi connectivity index (χ0n) is 13.0. The average Bonchev–Trinajstić information content (AvgIpc) is 2.49.